The second kappa shape index (κ2) is 5.89. The average molecular weight is 331 g/mol. The van der Waals surface area contributed by atoms with Crippen molar-refractivity contribution in [2.75, 3.05) is 0 Å². The van der Waals surface area contributed by atoms with Gasteiger partial charge in [0.05, 0.1) is 4.91 Å². The number of fused-ring (bicyclic) bond motifs is 1. The zero-order chi connectivity index (χ0) is 15.7. The van der Waals surface area contributed by atoms with E-state index in [1.807, 2.05) is 24.3 Å². The number of aryl methyl sites for hydroxylation is 1. The van der Waals surface area contributed by atoms with Crippen LogP contribution in [0, 0.1) is 0 Å². The molecular formula is C17H17NO2S2. The van der Waals surface area contributed by atoms with Crippen LogP contribution < -0.4 is 10.1 Å². The summed E-state index contributed by atoms with van der Waals surface area (Å²) in [5, 5.41) is 2.60. The summed E-state index contributed by atoms with van der Waals surface area (Å²) in [5.74, 6) is 0.851. The molecule has 5 heteroatoms. The molecule has 2 heterocycles. The van der Waals surface area contributed by atoms with Crippen LogP contribution in [-0.4, -0.2) is 15.8 Å². The Hall–Kier alpha value is -1.59. The third-order valence-electron chi connectivity index (χ3n) is 3.65. The van der Waals surface area contributed by atoms with Gasteiger partial charge in [-0.15, -0.1) is 0 Å². The van der Waals surface area contributed by atoms with E-state index in [1.54, 1.807) is 6.08 Å². The first kappa shape index (κ1) is 15.3. The predicted octanol–water partition coefficient (Wildman–Crippen LogP) is 3.84. The summed E-state index contributed by atoms with van der Waals surface area (Å²) < 4.78 is 6.49. The van der Waals surface area contributed by atoms with Crippen molar-refractivity contribution in [1.82, 2.24) is 5.32 Å². The van der Waals surface area contributed by atoms with Crippen molar-refractivity contribution in [3.63, 3.8) is 0 Å². The van der Waals surface area contributed by atoms with Crippen molar-refractivity contribution in [2.45, 2.75) is 32.3 Å². The van der Waals surface area contributed by atoms with E-state index < -0.39 is 0 Å². The van der Waals surface area contributed by atoms with Gasteiger partial charge in [0, 0.05) is 0 Å². The highest BCUT2D eigenvalue weighted by molar-refractivity contribution is 8.26. The van der Waals surface area contributed by atoms with Gasteiger partial charge in [0.25, 0.3) is 5.91 Å². The van der Waals surface area contributed by atoms with Gasteiger partial charge in [0.15, 0.2) is 0 Å². The lowest BCUT2D eigenvalue weighted by molar-refractivity contribution is -0.115. The lowest BCUT2D eigenvalue weighted by Crippen LogP contribution is -2.32. The van der Waals surface area contributed by atoms with E-state index in [1.165, 1.54) is 17.3 Å². The molecule has 3 rings (SSSR count). The molecule has 1 aromatic rings. The number of nitrogens with one attached hydrogen (secondary N) is 1. The van der Waals surface area contributed by atoms with Gasteiger partial charge in [-0.3, -0.25) is 4.79 Å². The number of carbonyl (C=O) groups is 1. The Labute approximate surface area is 139 Å². The van der Waals surface area contributed by atoms with Crippen molar-refractivity contribution in [1.29, 1.82) is 0 Å². The van der Waals surface area contributed by atoms with Crippen molar-refractivity contribution in [3.8, 4) is 5.75 Å². The summed E-state index contributed by atoms with van der Waals surface area (Å²) in [6.07, 6.45) is 7.70. The van der Waals surface area contributed by atoms with E-state index >= 15 is 0 Å². The Morgan fingerprint density at radius 3 is 2.95 bits per heavy atom. The number of amides is 1. The first-order chi connectivity index (χ1) is 10.4. The van der Waals surface area contributed by atoms with Gasteiger partial charge in [-0.2, -0.15) is 0 Å². The number of ether oxygens (including phenoxy) is 1. The molecule has 1 N–H and O–H groups in total. The molecule has 2 aliphatic rings. The molecule has 0 aromatic heterocycles. The summed E-state index contributed by atoms with van der Waals surface area (Å²) in [7, 11) is 0. The predicted molar refractivity (Wildman–Crippen MR) is 94.9 cm³/mol. The minimum atomic E-state index is -0.124. The highest BCUT2D eigenvalue weighted by Crippen LogP contribution is 2.33. The zero-order valence-corrected chi connectivity index (χ0v) is 14.1. The maximum atomic E-state index is 11.5. The molecule has 1 saturated heterocycles. The first-order valence-corrected chi connectivity index (χ1v) is 8.39. The molecule has 0 unspecified atom stereocenters. The molecule has 0 atom stereocenters. The molecule has 0 spiro atoms. The summed E-state index contributed by atoms with van der Waals surface area (Å²) >= 11 is 6.25. The van der Waals surface area contributed by atoms with Gasteiger partial charge >= 0.3 is 0 Å². The van der Waals surface area contributed by atoms with Gasteiger partial charge in [-0.1, -0.05) is 42.2 Å². The van der Waals surface area contributed by atoms with Crippen LogP contribution in [0.3, 0.4) is 0 Å². The number of hydrogen-bond donors (Lipinski definition) is 1. The number of hydrogen-bond acceptors (Lipinski definition) is 4. The van der Waals surface area contributed by atoms with Crippen LogP contribution in [-0.2, 0) is 11.2 Å². The number of rotatable bonds is 2. The van der Waals surface area contributed by atoms with E-state index in [0.717, 1.165) is 24.2 Å². The van der Waals surface area contributed by atoms with Crippen molar-refractivity contribution < 1.29 is 9.53 Å². The summed E-state index contributed by atoms with van der Waals surface area (Å²) in [5.41, 5.74) is 2.26. The number of benzene rings is 1. The lowest BCUT2D eigenvalue weighted by Gasteiger charge is -2.32. The van der Waals surface area contributed by atoms with E-state index in [4.69, 9.17) is 17.0 Å². The van der Waals surface area contributed by atoms with E-state index in [9.17, 15) is 4.79 Å². The van der Waals surface area contributed by atoms with E-state index in [0.29, 0.717) is 9.23 Å². The van der Waals surface area contributed by atoms with Gasteiger partial charge in [0.2, 0.25) is 0 Å². The van der Waals surface area contributed by atoms with E-state index in [2.05, 4.69) is 25.2 Å². The third kappa shape index (κ3) is 3.42. The first-order valence-electron chi connectivity index (χ1n) is 7.16. The van der Waals surface area contributed by atoms with Crippen LogP contribution in [0.25, 0.3) is 6.08 Å². The number of thiocarbonyl (C=S) groups is 1. The van der Waals surface area contributed by atoms with Crippen LogP contribution >= 0.6 is 24.0 Å². The zero-order valence-electron chi connectivity index (χ0n) is 12.5. The van der Waals surface area contributed by atoms with Crippen LogP contribution in [0.15, 0.2) is 35.3 Å². The molecule has 0 aliphatic carbocycles. The second-order valence-electron chi connectivity index (χ2n) is 5.96. The number of thioether (sulfide) groups is 1. The number of allylic oxidation sites excluding steroid dienone is 2. The standard InChI is InChI=1S/C17H17NO2S2/c1-17(2)9-8-12-10-11(6-7-13(12)20-17)4-3-5-14-15(19)18-16(21)22-14/h3-7,10H,8-9H2,1-2H3,(H,18,19,21). The fraction of sp³-hybridized carbons (Fsp3) is 0.294. The molecule has 1 fully saturated rings. The Balaban J connectivity index is 1.74. The maximum absolute atomic E-state index is 11.5. The Bertz CT molecular complexity index is 705. The summed E-state index contributed by atoms with van der Waals surface area (Å²) in [6.45, 7) is 4.23. The molecule has 2 aliphatic heterocycles. The summed E-state index contributed by atoms with van der Waals surface area (Å²) in [6, 6.07) is 6.20. The topological polar surface area (TPSA) is 38.3 Å². The monoisotopic (exact) mass is 331 g/mol. The van der Waals surface area contributed by atoms with Crippen LogP contribution in [0.5, 0.6) is 5.75 Å². The van der Waals surface area contributed by atoms with Crippen LogP contribution in [0.1, 0.15) is 31.4 Å². The SMILES string of the molecule is CC1(C)CCc2cc(C=CC=C3SC(=S)NC3=O)ccc2O1. The Morgan fingerprint density at radius 1 is 1.41 bits per heavy atom. The summed E-state index contributed by atoms with van der Waals surface area (Å²) in [4.78, 5) is 12.2. The molecule has 0 radical (unpaired) electrons. The van der Waals surface area contributed by atoms with E-state index in [-0.39, 0.29) is 11.5 Å². The molecule has 0 bridgehead atoms. The largest absolute Gasteiger partial charge is 0.488 e. The van der Waals surface area contributed by atoms with Crippen molar-refractivity contribution >= 4 is 40.3 Å². The quantitative estimate of drug-likeness (QED) is 0.660. The van der Waals surface area contributed by atoms with Crippen molar-refractivity contribution in [2.24, 2.45) is 0 Å². The van der Waals surface area contributed by atoms with Gasteiger partial charge in [-0.25, -0.2) is 0 Å². The van der Waals surface area contributed by atoms with Crippen molar-refractivity contribution in [3.05, 3.63) is 46.4 Å². The molecule has 114 valence electrons. The Kier molecular flexibility index (Phi) is 4.10. The highest BCUT2D eigenvalue weighted by atomic mass is 32.2. The minimum Gasteiger partial charge on any atom is -0.488 e. The molecule has 0 saturated carbocycles. The Morgan fingerprint density at radius 2 is 2.23 bits per heavy atom. The highest BCUT2D eigenvalue weighted by Gasteiger charge is 2.26. The molecule has 3 nitrogen and oxygen atoms in total. The molecule has 1 amide bonds. The van der Waals surface area contributed by atoms with Crippen LogP contribution in [0.2, 0.25) is 0 Å². The maximum Gasteiger partial charge on any atom is 0.263 e. The fourth-order valence-corrected chi connectivity index (χ4v) is 3.46. The number of carbonyl (C=O) groups excluding carboxylic acids is 1. The smallest absolute Gasteiger partial charge is 0.263 e. The molecule has 22 heavy (non-hydrogen) atoms. The molecular weight excluding hydrogens is 314 g/mol. The van der Waals surface area contributed by atoms with Gasteiger partial charge in [0.1, 0.15) is 15.7 Å². The third-order valence-corrected chi connectivity index (χ3v) is 4.83. The fourth-order valence-electron chi connectivity index (χ4n) is 2.46. The average Bonchev–Trinajstić information content (AvgIpc) is 2.76. The van der Waals surface area contributed by atoms with Crippen LogP contribution in [0.4, 0.5) is 0 Å². The minimum absolute atomic E-state index is 0.0831. The molecule has 1 aromatic carbocycles. The lowest BCUT2D eigenvalue weighted by atomic mass is 9.93. The normalized spacial score (nSPS) is 21.8. The van der Waals surface area contributed by atoms with Gasteiger partial charge < -0.3 is 10.1 Å². The van der Waals surface area contributed by atoms with Gasteiger partial charge in [-0.05, 0) is 56.0 Å². The second-order valence-corrected chi connectivity index (χ2v) is 7.68.